The van der Waals surface area contributed by atoms with Crippen molar-refractivity contribution in [1.29, 1.82) is 0 Å². The minimum absolute atomic E-state index is 0.298. The molecule has 1 rings (SSSR count). The number of allylic oxidation sites excluding steroid dienone is 15. The Kier molecular flexibility index (Phi) is 12.1. The molecule has 164 valence electrons. The van der Waals surface area contributed by atoms with Gasteiger partial charge in [0.15, 0.2) is 0 Å². The van der Waals surface area contributed by atoms with Crippen molar-refractivity contribution in [2.24, 2.45) is 5.41 Å². The van der Waals surface area contributed by atoms with Crippen molar-refractivity contribution < 1.29 is 4.74 Å². The van der Waals surface area contributed by atoms with Crippen LogP contribution in [0.5, 0.6) is 0 Å². The zero-order valence-corrected chi connectivity index (χ0v) is 20.3. The van der Waals surface area contributed by atoms with Crippen molar-refractivity contribution in [1.82, 2.24) is 0 Å². The molecule has 0 aromatic heterocycles. The van der Waals surface area contributed by atoms with E-state index >= 15 is 0 Å². The van der Waals surface area contributed by atoms with Crippen LogP contribution < -0.4 is 0 Å². The largest absolute Gasteiger partial charge is 0.378 e. The predicted molar refractivity (Wildman–Crippen MR) is 135 cm³/mol. The molecule has 0 radical (unpaired) electrons. The van der Waals surface area contributed by atoms with Gasteiger partial charge in [0.05, 0.1) is 6.61 Å². The quantitative estimate of drug-likeness (QED) is 0.260. The van der Waals surface area contributed by atoms with E-state index in [9.17, 15) is 0 Å². The molecule has 0 fully saturated rings. The van der Waals surface area contributed by atoms with E-state index in [1.807, 2.05) is 13.0 Å². The third-order valence-corrected chi connectivity index (χ3v) is 5.40. The molecule has 0 spiro atoms. The highest BCUT2D eigenvalue weighted by molar-refractivity contribution is 5.37. The van der Waals surface area contributed by atoms with Crippen LogP contribution in [0.3, 0.4) is 0 Å². The number of hydrogen-bond acceptors (Lipinski definition) is 1. The molecule has 0 N–H and O–H groups in total. The van der Waals surface area contributed by atoms with Crippen molar-refractivity contribution in [3.8, 4) is 0 Å². The summed E-state index contributed by atoms with van der Waals surface area (Å²) in [6.45, 7) is 16.8. The van der Waals surface area contributed by atoms with Gasteiger partial charge >= 0.3 is 0 Å². The van der Waals surface area contributed by atoms with Gasteiger partial charge in [0, 0.05) is 6.61 Å². The summed E-state index contributed by atoms with van der Waals surface area (Å²) < 4.78 is 5.29. The average Bonchev–Trinajstić information content (AvgIpc) is 2.67. The summed E-state index contributed by atoms with van der Waals surface area (Å²) in [6.07, 6.45) is 27.4. The summed E-state index contributed by atoms with van der Waals surface area (Å²) in [7, 11) is 0. The first kappa shape index (κ1) is 25.9. The lowest BCUT2D eigenvalue weighted by Crippen LogP contribution is -2.19. The highest BCUT2D eigenvalue weighted by Gasteiger charge is 2.26. The summed E-state index contributed by atoms with van der Waals surface area (Å²) in [4.78, 5) is 0. The molecule has 0 aliphatic heterocycles. The molecule has 0 amide bonds. The van der Waals surface area contributed by atoms with Gasteiger partial charge in [0.2, 0.25) is 0 Å². The molecule has 1 heteroatoms. The number of ether oxygens (including phenoxy) is 1. The smallest absolute Gasteiger partial charge is 0.0650 e. The maximum atomic E-state index is 5.29. The standard InChI is InChI=1S/C29H42O/c1-8-30-23-13-18-25(3)15-10-9-14-24(2)16-11-17-26(4)20-21-28-27(5)19-12-22-29(28,6)7/h9-11,13-18,20-21H,8,12,19,22-23H2,1-7H3/b10-9+,16-11+,18-13+,21-20+,24-14+,25-15+,26-17+. The van der Waals surface area contributed by atoms with E-state index in [1.165, 1.54) is 41.6 Å². The van der Waals surface area contributed by atoms with Crippen LogP contribution in [0.2, 0.25) is 0 Å². The molecule has 30 heavy (non-hydrogen) atoms. The van der Waals surface area contributed by atoms with Gasteiger partial charge in [-0.2, -0.15) is 0 Å². The van der Waals surface area contributed by atoms with E-state index in [4.69, 9.17) is 4.74 Å². The van der Waals surface area contributed by atoms with E-state index in [0.29, 0.717) is 12.0 Å². The fourth-order valence-corrected chi connectivity index (χ4v) is 3.58. The number of hydrogen-bond donors (Lipinski definition) is 0. The highest BCUT2D eigenvalue weighted by Crippen LogP contribution is 2.40. The van der Waals surface area contributed by atoms with Crippen LogP contribution in [0.15, 0.2) is 94.7 Å². The highest BCUT2D eigenvalue weighted by atomic mass is 16.5. The lowest BCUT2D eigenvalue weighted by molar-refractivity contribution is 0.177. The molecule has 1 nitrogen and oxygen atoms in total. The topological polar surface area (TPSA) is 9.23 Å². The maximum absolute atomic E-state index is 5.29. The molecule has 0 unspecified atom stereocenters. The predicted octanol–water partition coefficient (Wildman–Crippen LogP) is 8.61. The molecule has 0 saturated heterocycles. The van der Waals surface area contributed by atoms with Gasteiger partial charge in [-0.3, -0.25) is 0 Å². The summed E-state index contributed by atoms with van der Waals surface area (Å²) in [5.74, 6) is 0. The molecule has 0 saturated carbocycles. The van der Waals surface area contributed by atoms with Crippen LogP contribution in [0.1, 0.15) is 67.7 Å². The molecule has 0 aromatic carbocycles. The lowest BCUT2D eigenvalue weighted by atomic mass is 9.72. The Morgan fingerprint density at radius 1 is 0.900 bits per heavy atom. The van der Waals surface area contributed by atoms with Crippen LogP contribution in [-0.2, 0) is 4.74 Å². The van der Waals surface area contributed by atoms with Gasteiger partial charge in [0.25, 0.3) is 0 Å². The van der Waals surface area contributed by atoms with E-state index in [-0.39, 0.29) is 0 Å². The summed E-state index contributed by atoms with van der Waals surface area (Å²) in [5, 5.41) is 0. The first-order valence-corrected chi connectivity index (χ1v) is 11.3. The van der Waals surface area contributed by atoms with Crippen molar-refractivity contribution in [2.75, 3.05) is 13.2 Å². The van der Waals surface area contributed by atoms with Gasteiger partial charge in [-0.05, 0) is 64.9 Å². The van der Waals surface area contributed by atoms with Crippen molar-refractivity contribution >= 4 is 0 Å². The third kappa shape index (κ3) is 10.6. The first-order chi connectivity index (χ1) is 14.3. The molecule has 0 bridgehead atoms. The molecule has 0 aromatic rings. The Balaban J connectivity index is 2.60. The van der Waals surface area contributed by atoms with Crippen LogP contribution >= 0.6 is 0 Å². The Morgan fingerprint density at radius 2 is 1.50 bits per heavy atom. The zero-order valence-electron chi connectivity index (χ0n) is 20.3. The van der Waals surface area contributed by atoms with Gasteiger partial charge in [0.1, 0.15) is 0 Å². The average molecular weight is 407 g/mol. The van der Waals surface area contributed by atoms with Gasteiger partial charge in [-0.1, -0.05) is 103 Å². The van der Waals surface area contributed by atoms with Crippen LogP contribution in [0.4, 0.5) is 0 Å². The molecule has 1 aliphatic rings. The minimum atomic E-state index is 0.298. The normalized spacial score (nSPS) is 19.4. The van der Waals surface area contributed by atoms with Crippen LogP contribution in [0.25, 0.3) is 0 Å². The van der Waals surface area contributed by atoms with Crippen molar-refractivity contribution in [2.45, 2.75) is 67.7 Å². The second kappa shape index (κ2) is 14.0. The third-order valence-electron chi connectivity index (χ3n) is 5.40. The van der Waals surface area contributed by atoms with Gasteiger partial charge in [-0.25, -0.2) is 0 Å². The minimum Gasteiger partial charge on any atom is -0.378 e. The first-order valence-electron chi connectivity index (χ1n) is 11.3. The number of rotatable bonds is 10. The van der Waals surface area contributed by atoms with Crippen LogP contribution in [0, 0.1) is 5.41 Å². The Bertz CT molecular complexity index is 773. The van der Waals surface area contributed by atoms with E-state index in [1.54, 1.807) is 5.57 Å². The maximum Gasteiger partial charge on any atom is 0.0650 e. The summed E-state index contributed by atoms with van der Waals surface area (Å²) in [6, 6.07) is 0. The fourth-order valence-electron chi connectivity index (χ4n) is 3.58. The Labute approximate surface area is 186 Å². The van der Waals surface area contributed by atoms with Crippen molar-refractivity contribution in [3.63, 3.8) is 0 Å². The monoisotopic (exact) mass is 406 g/mol. The van der Waals surface area contributed by atoms with Gasteiger partial charge < -0.3 is 4.74 Å². The Morgan fingerprint density at radius 3 is 2.13 bits per heavy atom. The second-order valence-corrected chi connectivity index (χ2v) is 8.80. The molecule has 0 heterocycles. The van der Waals surface area contributed by atoms with E-state index in [0.717, 1.165) is 6.61 Å². The summed E-state index contributed by atoms with van der Waals surface area (Å²) >= 11 is 0. The van der Waals surface area contributed by atoms with E-state index < -0.39 is 0 Å². The molecular formula is C29H42O. The molecule has 1 aliphatic carbocycles. The van der Waals surface area contributed by atoms with Crippen LogP contribution in [-0.4, -0.2) is 13.2 Å². The zero-order chi connectivity index (χ0) is 22.4. The summed E-state index contributed by atoms with van der Waals surface area (Å²) in [5.41, 5.74) is 7.07. The Hall–Kier alpha value is -2.12. The lowest BCUT2D eigenvalue weighted by Gasteiger charge is -2.32. The van der Waals surface area contributed by atoms with E-state index in [2.05, 4.69) is 102 Å². The SMILES string of the molecule is CCOC/C=C/C(C)=C/C=C/C=C(C)/C=C/C=C(C)/C=C/C1=C(C)CCCC1(C)C. The molecular weight excluding hydrogens is 364 g/mol. The fraction of sp³-hybridized carbons (Fsp3) is 0.448. The molecule has 0 atom stereocenters. The van der Waals surface area contributed by atoms with Gasteiger partial charge in [-0.15, -0.1) is 0 Å². The van der Waals surface area contributed by atoms with Crippen molar-refractivity contribution in [3.05, 3.63) is 94.7 Å². The second-order valence-electron chi connectivity index (χ2n) is 8.80.